The number of hydrogen-bond donors (Lipinski definition) is 1. The Labute approximate surface area is 88.6 Å². The molecule has 78 valence electrons. The summed E-state index contributed by atoms with van der Waals surface area (Å²) in [5.41, 5.74) is 0.928. The van der Waals surface area contributed by atoms with Crippen LogP contribution in [0.3, 0.4) is 0 Å². The van der Waals surface area contributed by atoms with Crippen molar-refractivity contribution in [1.82, 2.24) is 4.98 Å². The van der Waals surface area contributed by atoms with Gasteiger partial charge in [-0.15, -0.1) is 6.42 Å². The Kier molecular flexibility index (Phi) is 3.29. The molecule has 0 aliphatic rings. The monoisotopic (exact) mass is 204 g/mol. The third-order valence-corrected chi connectivity index (χ3v) is 1.93. The summed E-state index contributed by atoms with van der Waals surface area (Å²) in [4.78, 5) is 16.7. The lowest BCUT2D eigenvalue weighted by Gasteiger charge is -2.17. The van der Waals surface area contributed by atoms with E-state index in [2.05, 4.69) is 10.9 Å². The number of aromatic carboxylic acids is 1. The summed E-state index contributed by atoms with van der Waals surface area (Å²) in [5.74, 6) is 1.85. The van der Waals surface area contributed by atoms with Gasteiger partial charge in [-0.25, -0.2) is 9.78 Å². The van der Waals surface area contributed by atoms with E-state index in [1.54, 1.807) is 24.9 Å². The smallest absolute Gasteiger partial charge is 0.339 e. The van der Waals surface area contributed by atoms with Gasteiger partial charge >= 0.3 is 5.97 Å². The van der Waals surface area contributed by atoms with E-state index in [4.69, 9.17) is 11.5 Å². The van der Waals surface area contributed by atoms with Crippen molar-refractivity contribution >= 4 is 11.8 Å². The first-order chi connectivity index (χ1) is 7.06. The van der Waals surface area contributed by atoms with Crippen molar-refractivity contribution in [2.24, 2.45) is 0 Å². The van der Waals surface area contributed by atoms with Crippen LogP contribution in [0.5, 0.6) is 0 Å². The molecule has 0 aromatic carbocycles. The summed E-state index contributed by atoms with van der Waals surface area (Å²) in [6.07, 6.45) is 5.16. The van der Waals surface area contributed by atoms with E-state index in [9.17, 15) is 4.79 Å². The van der Waals surface area contributed by atoms with Gasteiger partial charge in [0.1, 0.15) is 11.4 Å². The van der Waals surface area contributed by atoms with E-state index in [0.29, 0.717) is 12.4 Å². The van der Waals surface area contributed by atoms with Crippen LogP contribution in [0.15, 0.2) is 12.1 Å². The average Bonchev–Trinajstić information content (AvgIpc) is 2.17. The number of hydrogen-bond acceptors (Lipinski definition) is 3. The molecule has 0 fully saturated rings. The molecule has 0 atom stereocenters. The maximum Gasteiger partial charge on any atom is 0.339 e. The molecule has 4 heteroatoms. The number of aromatic nitrogens is 1. The Morgan fingerprint density at radius 1 is 1.67 bits per heavy atom. The molecule has 0 bridgehead atoms. The fourth-order valence-electron chi connectivity index (χ4n) is 1.21. The number of rotatable bonds is 3. The molecule has 1 aromatic rings. The van der Waals surface area contributed by atoms with Gasteiger partial charge in [0.2, 0.25) is 0 Å². The van der Waals surface area contributed by atoms with Gasteiger partial charge in [-0.1, -0.05) is 5.92 Å². The lowest BCUT2D eigenvalue weighted by Crippen LogP contribution is -2.21. The molecule has 1 rings (SSSR count). The molecule has 1 N–H and O–H groups in total. The van der Waals surface area contributed by atoms with Crippen molar-refractivity contribution in [3.63, 3.8) is 0 Å². The second kappa shape index (κ2) is 4.47. The number of terminal acetylenes is 1. The SMILES string of the molecule is C#CCN(C)c1nc(C)ccc1C(=O)O. The van der Waals surface area contributed by atoms with Gasteiger partial charge in [0.05, 0.1) is 6.54 Å². The van der Waals surface area contributed by atoms with Crippen molar-refractivity contribution in [1.29, 1.82) is 0 Å². The number of anilines is 1. The lowest BCUT2D eigenvalue weighted by atomic mass is 10.2. The van der Waals surface area contributed by atoms with Crippen LogP contribution < -0.4 is 4.90 Å². The summed E-state index contributed by atoms with van der Waals surface area (Å²) in [6.45, 7) is 2.13. The van der Waals surface area contributed by atoms with E-state index in [1.165, 1.54) is 6.07 Å². The molecular formula is C11H12N2O2. The van der Waals surface area contributed by atoms with Crippen LogP contribution in [-0.4, -0.2) is 29.7 Å². The van der Waals surface area contributed by atoms with Crippen LogP contribution in [0.1, 0.15) is 16.1 Å². The normalized spacial score (nSPS) is 9.40. The van der Waals surface area contributed by atoms with E-state index in [-0.39, 0.29) is 5.56 Å². The zero-order valence-electron chi connectivity index (χ0n) is 8.69. The molecule has 0 amide bonds. The topological polar surface area (TPSA) is 53.4 Å². The largest absolute Gasteiger partial charge is 0.478 e. The number of carbonyl (C=O) groups is 1. The molecule has 0 spiro atoms. The highest BCUT2D eigenvalue weighted by atomic mass is 16.4. The van der Waals surface area contributed by atoms with Crippen LogP contribution in [0.25, 0.3) is 0 Å². The summed E-state index contributed by atoms with van der Waals surface area (Å²) < 4.78 is 0. The molecule has 0 saturated carbocycles. The lowest BCUT2D eigenvalue weighted by molar-refractivity contribution is 0.0697. The van der Waals surface area contributed by atoms with Gasteiger partial charge < -0.3 is 10.0 Å². The van der Waals surface area contributed by atoms with Crippen molar-refractivity contribution in [2.75, 3.05) is 18.5 Å². The van der Waals surface area contributed by atoms with E-state index in [1.807, 2.05) is 0 Å². The maximum atomic E-state index is 10.9. The number of carboxylic acids is 1. The highest BCUT2D eigenvalue weighted by molar-refractivity contribution is 5.93. The Hall–Kier alpha value is -2.02. The first-order valence-electron chi connectivity index (χ1n) is 4.41. The van der Waals surface area contributed by atoms with Gasteiger partial charge in [-0.2, -0.15) is 0 Å². The molecule has 0 unspecified atom stereocenters. The zero-order chi connectivity index (χ0) is 11.4. The highest BCUT2D eigenvalue weighted by Gasteiger charge is 2.14. The minimum atomic E-state index is -0.999. The predicted octanol–water partition coefficient (Wildman–Crippen LogP) is 1.16. The molecule has 0 aliphatic carbocycles. The molecule has 0 saturated heterocycles. The number of nitrogens with zero attached hydrogens (tertiary/aromatic N) is 2. The van der Waals surface area contributed by atoms with Crippen molar-refractivity contribution in [3.8, 4) is 12.3 Å². The van der Waals surface area contributed by atoms with Gasteiger partial charge in [-0.3, -0.25) is 0 Å². The van der Waals surface area contributed by atoms with Gasteiger partial charge in [0.25, 0.3) is 0 Å². The predicted molar refractivity (Wildman–Crippen MR) is 58.0 cm³/mol. The van der Waals surface area contributed by atoms with Crippen molar-refractivity contribution in [2.45, 2.75) is 6.92 Å². The van der Waals surface area contributed by atoms with E-state index in [0.717, 1.165) is 5.69 Å². The molecule has 15 heavy (non-hydrogen) atoms. The highest BCUT2D eigenvalue weighted by Crippen LogP contribution is 2.16. The molecule has 1 heterocycles. The second-order valence-electron chi connectivity index (χ2n) is 3.19. The third-order valence-electron chi connectivity index (χ3n) is 1.93. The Bertz CT molecular complexity index is 421. The van der Waals surface area contributed by atoms with Crippen LogP contribution >= 0.6 is 0 Å². The van der Waals surface area contributed by atoms with Crippen LogP contribution in [-0.2, 0) is 0 Å². The Morgan fingerprint density at radius 3 is 2.87 bits per heavy atom. The summed E-state index contributed by atoms with van der Waals surface area (Å²) >= 11 is 0. The van der Waals surface area contributed by atoms with E-state index >= 15 is 0 Å². The first-order valence-corrected chi connectivity index (χ1v) is 4.41. The summed E-state index contributed by atoms with van der Waals surface area (Å²) in [6, 6.07) is 3.20. The summed E-state index contributed by atoms with van der Waals surface area (Å²) in [5, 5.41) is 8.96. The Balaban J connectivity index is 3.19. The van der Waals surface area contributed by atoms with Gasteiger partial charge in [0.15, 0.2) is 0 Å². The van der Waals surface area contributed by atoms with Crippen LogP contribution in [0.4, 0.5) is 5.82 Å². The first kappa shape index (κ1) is 11.1. The number of aryl methyl sites for hydroxylation is 1. The molecule has 1 aromatic heterocycles. The van der Waals surface area contributed by atoms with Crippen LogP contribution in [0.2, 0.25) is 0 Å². The van der Waals surface area contributed by atoms with E-state index < -0.39 is 5.97 Å². The maximum absolute atomic E-state index is 10.9. The minimum Gasteiger partial charge on any atom is -0.478 e. The van der Waals surface area contributed by atoms with Crippen LogP contribution in [0, 0.1) is 19.3 Å². The third kappa shape index (κ3) is 2.47. The van der Waals surface area contributed by atoms with Crippen molar-refractivity contribution in [3.05, 3.63) is 23.4 Å². The fraction of sp³-hybridized carbons (Fsp3) is 0.273. The zero-order valence-corrected chi connectivity index (χ0v) is 8.69. The quantitative estimate of drug-likeness (QED) is 0.750. The molecule has 0 aliphatic heterocycles. The molecular weight excluding hydrogens is 192 g/mol. The van der Waals surface area contributed by atoms with Gasteiger partial charge in [0, 0.05) is 12.7 Å². The average molecular weight is 204 g/mol. The van der Waals surface area contributed by atoms with Crippen molar-refractivity contribution < 1.29 is 9.90 Å². The number of pyridine rings is 1. The second-order valence-corrected chi connectivity index (χ2v) is 3.19. The fourth-order valence-corrected chi connectivity index (χ4v) is 1.21. The number of carboxylic acid groups (broad SMARTS) is 1. The molecule has 4 nitrogen and oxygen atoms in total. The molecule has 0 radical (unpaired) electrons. The Morgan fingerprint density at radius 2 is 2.33 bits per heavy atom. The minimum absolute atomic E-state index is 0.165. The standard InChI is InChI=1S/C11H12N2O2/c1-4-7-13(3)10-9(11(14)15)6-5-8(2)12-10/h1,5-6H,7H2,2-3H3,(H,14,15). The summed E-state index contributed by atoms with van der Waals surface area (Å²) in [7, 11) is 1.72. The van der Waals surface area contributed by atoms with Gasteiger partial charge in [-0.05, 0) is 19.1 Å².